The van der Waals surface area contributed by atoms with Gasteiger partial charge in [-0.15, -0.1) is 0 Å². The lowest BCUT2D eigenvalue weighted by molar-refractivity contribution is -0.122. The Kier molecular flexibility index (Phi) is 6.02. The van der Waals surface area contributed by atoms with Crippen molar-refractivity contribution in [2.24, 2.45) is 0 Å². The zero-order valence-corrected chi connectivity index (χ0v) is 15.2. The number of carbonyl (C=O) groups excluding carboxylic acids is 1. The van der Waals surface area contributed by atoms with Crippen LogP contribution in [-0.4, -0.2) is 12.0 Å². The predicted molar refractivity (Wildman–Crippen MR) is 99.8 cm³/mol. The Morgan fingerprint density at radius 1 is 0.792 bits per heavy atom. The average Bonchev–Trinajstić information content (AvgIpc) is 2.55. The van der Waals surface area contributed by atoms with Gasteiger partial charge in [-0.25, -0.2) is 0 Å². The maximum Gasteiger partial charge on any atom is 0.265 e. The van der Waals surface area contributed by atoms with Gasteiger partial charge in [0.2, 0.25) is 0 Å². The van der Waals surface area contributed by atoms with Gasteiger partial charge in [0.15, 0.2) is 6.10 Å². The molecule has 0 aliphatic rings. The number of amides is 1. The normalized spacial score (nSPS) is 12.3. The molecule has 0 spiro atoms. The summed E-state index contributed by atoms with van der Waals surface area (Å²) in [5.41, 5.74) is 3.29. The van der Waals surface area contributed by atoms with E-state index in [0.29, 0.717) is 17.6 Å². The van der Waals surface area contributed by atoms with Crippen LogP contribution in [0.5, 0.6) is 5.75 Å². The fourth-order valence-corrected chi connectivity index (χ4v) is 2.38. The number of carbonyl (C=O) groups is 1. The number of nitrogens with one attached hydrogen (secondary N) is 1. The van der Waals surface area contributed by atoms with E-state index in [0.717, 1.165) is 5.69 Å². The topological polar surface area (TPSA) is 38.3 Å². The van der Waals surface area contributed by atoms with Gasteiger partial charge in [0.1, 0.15) is 5.75 Å². The van der Waals surface area contributed by atoms with E-state index in [-0.39, 0.29) is 5.91 Å². The maximum atomic E-state index is 12.3. The van der Waals surface area contributed by atoms with Crippen LogP contribution in [0.2, 0.25) is 0 Å². The molecule has 3 nitrogen and oxygen atoms in total. The molecule has 3 heteroatoms. The van der Waals surface area contributed by atoms with E-state index in [1.807, 2.05) is 48.5 Å². The summed E-state index contributed by atoms with van der Waals surface area (Å²) < 4.78 is 5.73. The summed E-state index contributed by atoms with van der Waals surface area (Å²) >= 11 is 0. The number of hydrogen-bond acceptors (Lipinski definition) is 2. The van der Waals surface area contributed by atoms with Crippen molar-refractivity contribution in [2.45, 2.75) is 52.6 Å². The minimum absolute atomic E-state index is 0.153. The van der Waals surface area contributed by atoms with Gasteiger partial charge in [0.05, 0.1) is 0 Å². The minimum atomic E-state index is -0.556. The Labute approximate surface area is 145 Å². The Morgan fingerprint density at radius 2 is 1.25 bits per heavy atom. The molecule has 2 aromatic carbocycles. The average molecular weight is 325 g/mol. The van der Waals surface area contributed by atoms with E-state index in [9.17, 15) is 4.79 Å². The van der Waals surface area contributed by atoms with Crippen molar-refractivity contribution in [3.63, 3.8) is 0 Å². The third-order valence-electron chi connectivity index (χ3n) is 4.07. The van der Waals surface area contributed by atoms with Gasteiger partial charge in [0.25, 0.3) is 5.91 Å². The first-order valence-corrected chi connectivity index (χ1v) is 8.54. The summed E-state index contributed by atoms with van der Waals surface area (Å²) in [4.78, 5) is 12.3. The van der Waals surface area contributed by atoms with Crippen molar-refractivity contribution in [3.8, 4) is 5.75 Å². The Morgan fingerprint density at radius 3 is 1.71 bits per heavy atom. The molecule has 1 amide bonds. The van der Waals surface area contributed by atoms with Gasteiger partial charge in [-0.05, 0) is 54.2 Å². The molecular formula is C21H27NO2. The summed E-state index contributed by atoms with van der Waals surface area (Å²) in [6, 6.07) is 15.8. The fraction of sp³-hybridized carbons (Fsp3) is 0.381. The Bertz CT molecular complexity index is 657. The lowest BCUT2D eigenvalue weighted by Gasteiger charge is -2.16. The van der Waals surface area contributed by atoms with E-state index >= 15 is 0 Å². The lowest BCUT2D eigenvalue weighted by Crippen LogP contribution is -2.30. The van der Waals surface area contributed by atoms with Crippen LogP contribution in [0.4, 0.5) is 5.69 Å². The highest BCUT2D eigenvalue weighted by atomic mass is 16.5. The Balaban J connectivity index is 1.94. The number of ether oxygens (including phenoxy) is 1. The molecule has 24 heavy (non-hydrogen) atoms. The van der Waals surface area contributed by atoms with E-state index in [1.165, 1.54) is 11.1 Å². The highest BCUT2D eigenvalue weighted by Crippen LogP contribution is 2.20. The van der Waals surface area contributed by atoms with Crippen molar-refractivity contribution < 1.29 is 9.53 Å². The first-order chi connectivity index (χ1) is 11.4. The molecule has 0 aliphatic carbocycles. The summed E-state index contributed by atoms with van der Waals surface area (Å²) in [7, 11) is 0. The number of hydrogen-bond donors (Lipinski definition) is 1. The molecule has 0 aromatic heterocycles. The molecule has 0 heterocycles. The lowest BCUT2D eigenvalue weighted by atomic mass is 10.0. The Hall–Kier alpha value is -2.29. The molecule has 0 fully saturated rings. The van der Waals surface area contributed by atoms with E-state index in [4.69, 9.17) is 4.74 Å². The monoisotopic (exact) mass is 325 g/mol. The largest absolute Gasteiger partial charge is 0.481 e. The highest BCUT2D eigenvalue weighted by Gasteiger charge is 2.15. The van der Waals surface area contributed by atoms with Crippen molar-refractivity contribution >= 4 is 11.6 Å². The highest BCUT2D eigenvalue weighted by molar-refractivity contribution is 5.94. The van der Waals surface area contributed by atoms with Crippen LogP contribution in [-0.2, 0) is 4.79 Å². The second-order valence-corrected chi connectivity index (χ2v) is 6.75. The second-order valence-electron chi connectivity index (χ2n) is 6.75. The maximum absolute atomic E-state index is 12.3. The van der Waals surface area contributed by atoms with Crippen LogP contribution in [0.15, 0.2) is 48.5 Å². The summed E-state index contributed by atoms with van der Waals surface area (Å²) in [6.07, 6.45) is -0.556. The molecule has 128 valence electrons. The molecule has 1 unspecified atom stereocenters. The fourth-order valence-electron chi connectivity index (χ4n) is 2.38. The van der Waals surface area contributed by atoms with Gasteiger partial charge in [-0.1, -0.05) is 52.0 Å². The first kappa shape index (κ1) is 18.1. The first-order valence-electron chi connectivity index (χ1n) is 8.54. The zero-order valence-electron chi connectivity index (χ0n) is 15.2. The van der Waals surface area contributed by atoms with Gasteiger partial charge in [0, 0.05) is 5.69 Å². The van der Waals surface area contributed by atoms with Crippen LogP contribution in [0.3, 0.4) is 0 Å². The number of benzene rings is 2. The van der Waals surface area contributed by atoms with E-state index in [2.05, 4.69) is 33.0 Å². The molecule has 2 aromatic rings. The molecule has 0 radical (unpaired) electrons. The molecule has 0 saturated carbocycles. The van der Waals surface area contributed by atoms with Crippen LogP contribution < -0.4 is 10.1 Å². The van der Waals surface area contributed by atoms with Gasteiger partial charge >= 0.3 is 0 Å². The minimum Gasteiger partial charge on any atom is -0.481 e. The molecule has 0 aliphatic heterocycles. The van der Waals surface area contributed by atoms with Crippen LogP contribution in [0.25, 0.3) is 0 Å². The van der Waals surface area contributed by atoms with Crippen molar-refractivity contribution in [1.82, 2.24) is 0 Å². The smallest absolute Gasteiger partial charge is 0.265 e. The van der Waals surface area contributed by atoms with Crippen LogP contribution in [0.1, 0.15) is 57.6 Å². The summed E-state index contributed by atoms with van der Waals surface area (Å²) in [6.45, 7) is 10.4. The SMILES string of the molecule is CC(Oc1ccc(C(C)C)cc1)C(=O)Nc1ccc(C(C)C)cc1. The zero-order chi connectivity index (χ0) is 17.7. The number of rotatable bonds is 6. The van der Waals surface area contributed by atoms with Crippen LogP contribution in [0, 0.1) is 0 Å². The van der Waals surface area contributed by atoms with Gasteiger partial charge < -0.3 is 10.1 Å². The molecule has 0 bridgehead atoms. The van der Waals surface area contributed by atoms with E-state index < -0.39 is 6.10 Å². The summed E-state index contributed by atoms with van der Waals surface area (Å²) in [5.74, 6) is 1.51. The van der Waals surface area contributed by atoms with Crippen molar-refractivity contribution in [3.05, 3.63) is 59.7 Å². The third kappa shape index (κ3) is 4.85. The van der Waals surface area contributed by atoms with Gasteiger partial charge in [-0.2, -0.15) is 0 Å². The van der Waals surface area contributed by atoms with Crippen LogP contribution >= 0.6 is 0 Å². The third-order valence-corrected chi connectivity index (χ3v) is 4.07. The molecule has 1 N–H and O–H groups in total. The van der Waals surface area contributed by atoms with E-state index in [1.54, 1.807) is 6.92 Å². The summed E-state index contributed by atoms with van der Waals surface area (Å²) in [5, 5.41) is 2.89. The van der Waals surface area contributed by atoms with Crippen molar-refractivity contribution in [1.29, 1.82) is 0 Å². The van der Waals surface area contributed by atoms with Crippen molar-refractivity contribution in [2.75, 3.05) is 5.32 Å². The quantitative estimate of drug-likeness (QED) is 0.778. The standard InChI is InChI=1S/C21H27NO2/c1-14(2)17-6-10-19(11-7-17)22-21(23)16(5)24-20-12-8-18(9-13-20)15(3)4/h6-16H,1-5H3,(H,22,23). The molecule has 2 rings (SSSR count). The van der Waals surface area contributed by atoms with Gasteiger partial charge in [-0.3, -0.25) is 4.79 Å². The molecular weight excluding hydrogens is 298 g/mol. The number of anilines is 1. The second kappa shape index (κ2) is 8.00. The predicted octanol–water partition coefficient (Wildman–Crippen LogP) is 5.34. The molecule has 0 saturated heterocycles. The molecule has 1 atom stereocenters.